The summed E-state index contributed by atoms with van der Waals surface area (Å²) in [6.45, 7) is 8.10. The predicted octanol–water partition coefficient (Wildman–Crippen LogP) is 5.24. The Morgan fingerprint density at radius 3 is 2.33 bits per heavy atom. The van der Waals surface area contributed by atoms with Crippen LogP contribution in [0.1, 0.15) is 26.3 Å². The highest BCUT2D eigenvalue weighted by Gasteiger charge is 2.16. The van der Waals surface area contributed by atoms with E-state index in [1.165, 1.54) is 11.3 Å². The molecule has 2 nitrogen and oxygen atoms in total. The summed E-state index contributed by atoms with van der Waals surface area (Å²) in [5, 5.41) is 3.47. The van der Waals surface area contributed by atoms with Crippen LogP contribution >= 0.6 is 15.9 Å². The Bertz CT molecular complexity index is 573. The number of nitrogens with one attached hydrogen (secondary N) is 1. The van der Waals surface area contributed by atoms with Gasteiger partial charge in [0.05, 0.1) is 0 Å². The highest BCUT2D eigenvalue weighted by atomic mass is 79.9. The summed E-state index contributed by atoms with van der Waals surface area (Å²) in [6, 6.07) is 16.4. The van der Waals surface area contributed by atoms with Crippen molar-refractivity contribution in [2.24, 2.45) is 0 Å². The third-order valence-corrected chi connectivity index (χ3v) is 3.76. The number of para-hydroxylation sites is 1. The zero-order chi connectivity index (χ0) is 15.3. The summed E-state index contributed by atoms with van der Waals surface area (Å²) >= 11 is 3.42. The Balaban J connectivity index is 1.88. The van der Waals surface area contributed by atoms with E-state index >= 15 is 0 Å². The lowest BCUT2D eigenvalue weighted by molar-refractivity contribution is 0.332. The van der Waals surface area contributed by atoms with Gasteiger partial charge in [-0.2, -0.15) is 0 Å². The smallest absolute Gasteiger partial charge is 0.119 e. The summed E-state index contributed by atoms with van der Waals surface area (Å²) < 4.78 is 6.79. The third-order valence-electron chi connectivity index (χ3n) is 3.23. The average molecular weight is 348 g/mol. The average Bonchev–Trinajstić information content (AvgIpc) is 2.45. The van der Waals surface area contributed by atoms with Crippen molar-refractivity contribution in [1.82, 2.24) is 0 Å². The van der Waals surface area contributed by atoms with E-state index in [1.54, 1.807) is 0 Å². The van der Waals surface area contributed by atoms with Crippen LogP contribution in [0.3, 0.4) is 0 Å². The van der Waals surface area contributed by atoms with Crippen LogP contribution in [0.2, 0.25) is 0 Å². The first-order valence-corrected chi connectivity index (χ1v) is 7.98. The zero-order valence-electron chi connectivity index (χ0n) is 12.8. The first kappa shape index (κ1) is 15.9. The fraction of sp³-hybridized carbons (Fsp3) is 0.333. The minimum Gasteiger partial charge on any atom is -0.492 e. The molecule has 1 N–H and O–H groups in total. The highest BCUT2D eigenvalue weighted by Crippen LogP contribution is 2.29. The molecule has 0 saturated heterocycles. The Morgan fingerprint density at radius 2 is 1.67 bits per heavy atom. The van der Waals surface area contributed by atoms with Crippen molar-refractivity contribution in [3.05, 3.63) is 58.6 Å². The number of ether oxygens (including phenoxy) is 1. The molecule has 0 radical (unpaired) electrons. The molecule has 0 fully saturated rings. The molecule has 0 unspecified atom stereocenters. The van der Waals surface area contributed by atoms with Crippen molar-refractivity contribution in [2.45, 2.75) is 26.2 Å². The van der Waals surface area contributed by atoms with Crippen molar-refractivity contribution < 1.29 is 4.74 Å². The Hall–Kier alpha value is -1.48. The minimum absolute atomic E-state index is 0.135. The van der Waals surface area contributed by atoms with Gasteiger partial charge in [-0.15, -0.1) is 0 Å². The maximum absolute atomic E-state index is 5.72. The molecular formula is C18H22BrNO. The second-order valence-electron chi connectivity index (χ2n) is 6.02. The van der Waals surface area contributed by atoms with Crippen LogP contribution in [0, 0.1) is 0 Å². The summed E-state index contributed by atoms with van der Waals surface area (Å²) in [5.41, 5.74) is 2.65. The largest absolute Gasteiger partial charge is 0.492 e. The SMILES string of the molecule is CC(C)(C)c1ccccc1NCCOc1ccc(Br)cc1. The second kappa shape index (κ2) is 6.99. The molecular weight excluding hydrogens is 326 g/mol. The molecule has 0 bridgehead atoms. The van der Waals surface area contributed by atoms with Gasteiger partial charge in [0.15, 0.2) is 0 Å². The van der Waals surface area contributed by atoms with Crippen molar-refractivity contribution in [3.63, 3.8) is 0 Å². The molecule has 0 spiro atoms. The molecule has 0 saturated carbocycles. The number of rotatable bonds is 5. The minimum atomic E-state index is 0.135. The number of anilines is 1. The first-order valence-electron chi connectivity index (χ1n) is 7.18. The Morgan fingerprint density at radius 1 is 1.00 bits per heavy atom. The van der Waals surface area contributed by atoms with E-state index in [4.69, 9.17) is 4.74 Å². The standard InChI is InChI=1S/C18H22BrNO/c1-18(2,3)16-6-4-5-7-17(16)20-12-13-21-15-10-8-14(19)9-11-15/h4-11,20H,12-13H2,1-3H3. The molecule has 0 aliphatic carbocycles. The molecule has 0 amide bonds. The summed E-state index contributed by atoms with van der Waals surface area (Å²) in [4.78, 5) is 0. The van der Waals surface area contributed by atoms with E-state index in [2.05, 4.69) is 66.3 Å². The van der Waals surface area contributed by atoms with E-state index < -0.39 is 0 Å². The number of benzene rings is 2. The van der Waals surface area contributed by atoms with Crippen LogP contribution in [0.25, 0.3) is 0 Å². The van der Waals surface area contributed by atoms with Gasteiger partial charge >= 0.3 is 0 Å². The monoisotopic (exact) mass is 347 g/mol. The summed E-state index contributed by atoms with van der Waals surface area (Å²) in [7, 11) is 0. The molecule has 0 heterocycles. The molecule has 0 atom stereocenters. The molecule has 0 aromatic heterocycles. The van der Waals surface area contributed by atoms with Gasteiger partial charge in [-0.25, -0.2) is 0 Å². The Kier molecular flexibility index (Phi) is 5.29. The van der Waals surface area contributed by atoms with Crippen LogP contribution in [0.4, 0.5) is 5.69 Å². The Labute approximate surface area is 135 Å². The van der Waals surface area contributed by atoms with Crippen LogP contribution in [-0.2, 0) is 5.41 Å². The van der Waals surface area contributed by atoms with Crippen LogP contribution in [-0.4, -0.2) is 13.2 Å². The van der Waals surface area contributed by atoms with Crippen LogP contribution in [0.15, 0.2) is 53.0 Å². The van der Waals surface area contributed by atoms with Gasteiger partial charge in [0.2, 0.25) is 0 Å². The summed E-state index contributed by atoms with van der Waals surface area (Å²) in [6.07, 6.45) is 0. The molecule has 112 valence electrons. The molecule has 0 aliphatic heterocycles. The van der Waals surface area contributed by atoms with Crippen LogP contribution in [0.5, 0.6) is 5.75 Å². The summed E-state index contributed by atoms with van der Waals surface area (Å²) in [5.74, 6) is 0.893. The van der Waals surface area contributed by atoms with Gasteiger partial charge in [0.25, 0.3) is 0 Å². The lowest BCUT2D eigenvalue weighted by atomic mass is 9.86. The maximum Gasteiger partial charge on any atom is 0.119 e. The van der Waals surface area contributed by atoms with Crippen molar-refractivity contribution >= 4 is 21.6 Å². The van der Waals surface area contributed by atoms with E-state index in [-0.39, 0.29) is 5.41 Å². The van der Waals surface area contributed by atoms with Crippen molar-refractivity contribution in [3.8, 4) is 5.75 Å². The van der Waals surface area contributed by atoms with E-state index in [9.17, 15) is 0 Å². The third kappa shape index (κ3) is 4.78. The van der Waals surface area contributed by atoms with Gasteiger partial charge in [-0.05, 0) is 41.3 Å². The number of halogens is 1. The fourth-order valence-corrected chi connectivity index (χ4v) is 2.44. The van der Waals surface area contributed by atoms with Crippen molar-refractivity contribution in [2.75, 3.05) is 18.5 Å². The van der Waals surface area contributed by atoms with E-state index in [1.807, 2.05) is 24.3 Å². The second-order valence-corrected chi connectivity index (χ2v) is 6.94. The zero-order valence-corrected chi connectivity index (χ0v) is 14.4. The molecule has 3 heteroatoms. The normalized spacial score (nSPS) is 11.2. The van der Waals surface area contributed by atoms with Gasteiger partial charge in [0, 0.05) is 16.7 Å². The molecule has 2 aromatic rings. The topological polar surface area (TPSA) is 21.3 Å². The number of hydrogen-bond acceptors (Lipinski definition) is 2. The fourth-order valence-electron chi connectivity index (χ4n) is 2.18. The molecule has 0 aliphatic rings. The molecule has 2 rings (SSSR count). The van der Waals surface area contributed by atoms with E-state index in [0.29, 0.717) is 6.61 Å². The van der Waals surface area contributed by atoms with Crippen LogP contribution < -0.4 is 10.1 Å². The predicted molar refractivity (Wildman–Crippen MR) is 93.3 cm³/mol. The highest BCUT2D eigenvalue weighted by molar-refractivity contribution is 9.10. The molecule has 2 aromatic carbocycles. The van der Waals surface area contributed by atoms with Crippen molar-refractivity contribution in [1.29, 1.82) is 0 Å². The maximum atomic E-state index is 5.72. The van der Waals surface area contributed by atoms with Gasteiger partial charge < -0.3 is 10.1 Å². The van der Waals surface area contributed by atoms with Gasteiger partial charge in [-0.1, -0.05) is 54.9 Å². The van der Waals surface area contributed by atoms with E-state index in [0.717, 1.165) is 16.8 Å². The lowest BCUT2D eigenvalue weighted by Gasteiger charge is -2.23. The quantitative estimate of drug-likeness (QED) is 0.747. The first-order chi connectivity index (χ1) is 9.97. The van der Waals surface area contributed by atoms with Gasteiger partial charge in [-0.3, -0.25) is 0 Å². The number of hydrogen-bond donors (Lipinski definition) is 1. The van der Waals surface area contributed by atoms with Gasteiger partial charge in [0.1, 0.15) is 12.4 Å². The lowest BCUT2D eigenvalue weighted by Crippen LogP contribution is -2.17. The molecule has 21 heavy (non-hydrogen) atoms.